The Balaban J connectivity index is 1.20. The number of amides is 1. The number of aliphatic hydroxyl groups is 1. The van der Waals surface area contributed by atoms with Gasteiger partial charge in [-0.05, 0) is 86.9 Å². The number of piperidine rings is 1. The van der Waals surface area contributed by atoms with Crippen molar-refractivity contribution in [3.05, 3.63) is 58.7 Å². The second-order valence-corrected chi connectivity index (χ2v) is 12.1. The number of benzene rings is 2. The van der Waals surface area contributed by atoms with Crippen LogP contribution in [0.15, 0.2) is 36.4 Å². The number of phenols is 1. The van der Waals surface area contributed by atoms with Crippen molar-refractivity contribution in [1.29, 1.82) is 0 Å². The number of halogens is 3. The molecular weight excluding hydrogens is 521 g/mol. The van der Waals surface area contributed by atoms with E-state index in [4.69, 9.17) is 4.74 Å². The predicted molar refractivity (Wildman–Crippen MR) is 140 cm³/mol. The van der Waals surface area contributed by atoms with Gasteiger partial charge >= 0.3 is 6.18 Å². The number of aromatic hydroxyl groups is 1. The van der Waals surface area contributed by atoms with Gasteiger partial charge in [-0.25, -0.2) is 0 Å². The fourth-order valence-electron chi connectivity index (χ4n) is 7.96. The number of phenolic OH excluding ortho intramolecular Hbond substituents is 1. The molecule has 6 nitrogen and oxygen atoms in total. The molecular formula is C31H31F3N2O4. The van der Waals surface area contributed by atoms with E-state index in [2.05, 4.69) is 16.7 Å². The molecule has 2 saturated carbocycles. The minimum Gasteiger partial charge on any atom is -0.504 e. The molecule has 210 valence electrons. The van der Waals surface area contributed by atoms with Gasteiger partial charge in [-0.2, -0.15) is 13.2 Å². The predicted octanol–water partition coefficient (Wildman–Crippen LogP) is 3.85. The summed E-state index contributed by atoms with van der Waals surface area (Å²) in [4.78, 5) is 17.3. The Morgan fingerprint density at radius 3 is 2.60 bits per heavy atom. The molecule has 1 spiro atoms. The topological polar surface area (TPSA) is 73.2 Å². The van der Waals surface area contributed by atoms with E-state index < -0.39 is 40.8 Å². The summed E-state index contributed by atoms with van der Waals surface area (Å²) in [6, 6.07) is 7.54. The molecule has 3 aliphatic carbocycles. The molecule has 2 bridgehead atoms. The van der Waals surface area contributed by atoms with Crippen molar-refractivity contribution in [2.75, 3.05) is 20.1 Å². The lowest BCUT2D eigenvalue weighted by molar-refractivity contribution is -0.199. The van der Waals surface area contributed by atoms with Gasteiger partial charge in [0.25, 0.3) is 5.91 Å². The number of likely N-dealkylation sites (tertiary alicyclic amines) is 1. The first kappa shape index (κ1) is 25.7. The largest absolute Gasteiger partial charge is 0.504 e. The van der Waals surface area contributed by atoms with Crippen LogP contribution in [0.4, 0.5) is 13.2 Å². The lowest BCUT2D eigenvalue weighted by Crippen LogP contribution is -2.78. The summed E-state index contributed by atoms with van der Waals surface area (Å²) in [6.07, 6.45) is -0.180. The summed E-state index contributed by atoms with van der Waals surface area (Å²) in [6.45, 7) is 1.80. The smallest absolute Gasteiger partial charge is 0.416 e. The number of rotatable bonds is 3. The first-order valence-electron chi connectivity index (χ1n) is 14.0. The minimum atomic E-state index is -4.44. The molecule has 0 aromatic heterocycles. The quantitative estimate of drug-likeness (QED) is 0.566. The third kappa shape index (κ3) is 3.61. The molecule has 5 aliphatic rings. The zero-order valence-electron chi connectivity index (χ0n) is 22.2. The van der Waals surface area contributed by atoms with Gasteiger partial charge in [-0.15, -0.1) is 0 Å². The van der Waals surface area contributed by atoms with Crippen LogP contribution in [-0.2, 0) is 22.8 Å². The van der Waals surface area contributed by atoms with Gasteiger partial charge < -0.3 is 19.8 Å². The van der Waals surface area contributed by atoms with E-state index in [0.29, 0.717) is 42.9 Å². The van der Waals surface area contributed by atoms with Gasteiger partial charge in [0.1, 0.15) is 6.10 Å². The molecule has 2 aromatic rings. The number of carbonyl (C=O) groups is 1. The van der Waals surface area contributed by atoms with Crippen molar-refractivity contribution in [2.45, 2.75) is 73.9 Å². The maximum absolute atomic E-state index is 13.3. The van der Waals surface area contributed by atoms with Crippen LogP contribution in [0.3, 0.4) is 0 Å². The van der Waals surface area contributed by atoms with Crippen LogP contribution in [0, 0.1) is 17.8 Å². The van der Waals surface area contributed by atoms with Gasteiger partial charge in [-0.3, -0.25) is 9.69 Å². The van der Waals surface area contributed by atoms with E-state index in [0.717, 1.165) is 36.3 Å². The fourth-order valence-corrected chi connectivity index (χ4v) is 7.96. The first-order valence-corrected chi connectivity index (χ1v) is 14.0. The number of carbonyl (C=O) groups excluding carboxylic acids is 1. The lowest BCUT2D eigenvalue weighted by Gasteiger charge is -2.64. The summed E-state index contributed by atoms with van der Waals surface area (Å²) < 4.78 is 45.2. The molecule has 3 fully saturated rings. The molecule has 2 aliphatic heterocycles. The SMILES string of the molecule is CN(C(=O)C#Cc1ccc(C(F)(F)F)cc1)C1CCC2(O)[C@H]3Cc4ccc(O)c5c4[C@@]2(CCN3CC2CC2)C1O5. The molecule has 2 heterocycles. The molecule has 40 heavy (non-hydrogen) atoms. The number of hydrogen-bond donors (Lipinski definition) is 2. The van der Waals surface area contributed by atoms with Crippen molar-refractivity contribution in [1.82, 2.24) is 9.80 Å². The highest BCUT2D eigenvalue weighted by atomic mass is 19.4. The molecule has 2 aromatic carbocycles. The zero-order valence-corrected chi connectivity index (χ0v) is 22.2. The van der Waals surface area contributed by atoms with Crippen molar-refractivity contribution in [2.24, 2.45) is 5.92 Å². The summed E-state index contributed by atoms with van der Waals surface area (Å²) in [7, 11) is 1.66. The Morgan fingerprint density at radius 2 is 1.90 bits per heavy atom. The lowest BCUT2D eigenvalue weighted by atomic mass is 9.48. The molecule has 9 heteroatoms. The number of nitrogens with zero attached hydrogens (tertiary/aromatic N) is 2. The average molecular weight is 553 g/mol. The van der Waals surface area contributed by atoms with Crippen molar-refractivity contribution < 1.29 is 32.9 Å². The Morgan fingerprint density at radius 1 is 1.15 bits per heavy atom. The van der Waals surface area contributed by atoms with Gasteiger partial charge in [-0.1, -0.05) is 12.0 Å². The first-order chi connectivity index (χ1) is 19.0. The summed E-state index contributed by atoms with van der Waals surface area (Å²) in [5.74, 6) is 5.94. The average Bonchev–Trinajstić information content (AvgIpc) is 3.67. The van der Waals surface area contributed by atoms with Crippen LogP contribution in [0.2, 0.25) is 0 Å². The monoisotopic (exact) mass is 552 g/mol. The normalized spacial score (nSPS) is 32.0. The van der Waals surface area contributed by atoms with Gasteiger partial charge in [0.15, 0.2) is 11.5 Å². The standard InChI is InChI=1S/C31H31F3N2O4/c1-35(25(38)11-6-18-4-8-21(9-5-18)31(32,33)34)22-12-13-30(39)24-16-20-7-10-23(37)27-26(20)29(30,28(22)40-27)14-15-36(24)17-19-2-3-19/h4-5,7-10,19,22,24,28,37,39H,2-3,12-17H2,1H3/t22?,24-,28?,29+,30?/m1/s1. The number of hydrogen-bond acceptors (Lipinski definition) is 5. The Kier molecular flexibility index (Phi) is 5.56. The Hall–Kier alpha value is -3.22. The second-order valence-electron chi connectivity index (χ2n) is 12.1. The Labute approximate surface area is 230 Å². The van der Waals surface area contributed by atoms with Crippen LogP contribution in [0.25, 0.3) is 0 Å². The van der Waals surface area contributed by atoms with Gasteiger partial charge in [0, 0.05) is 36.7 Å². The van der Waals surface area contributed by atoms with Crippen LogP contribution >= 0.6 is 0 Å². The van der Waals surface area contributed by atoms with Crippen molar-refractivity contribution >= 4 is 5.91 Å². The molecule has 1 saturated heterocycles. The third-order valence-corrected chi connectivity index (χ3v) is 10.1. The van der Waals surface area contributed by atoms with E-state index in [-0.39, 0.29) is 11.8 Å². The number of ether oxygens (including phenoxy) is 1. The van der Waals surface area contributed by atoms with Crippen molar-refractivity contribution in [3.63, 3.8) is 0 Å². The van der Waals surface area contributed by atoms with E-state index in [1.807, 2.05) is 6.07 Å². The van der Waals surface area contributed by atoms with Crippen LogP contribution < -0.4 is 4.74 Å². The molecule has 7 rings (SSSR count). The van der Waals surface area contributed by atoms with E-state index in [1.54, 1.807) is 18.0 Å². The highest BCUT2D eigenvalue weighted by Crippen LogP contribution is 2.66. The van der Waals surface area contributed by atoms with E-state index in [1.165, 1.54) is 25.0 Å². The highest BCUT2D eigenvalue weighted by Gasteiger charge is 2.73. The summed E-state index contributed by atoms with van der Waals surface area (Å²) >= 11 is 0. The van der Waals surface area contributed by atoms with Crippen molar-refractivity contribution in [3.8, 4) is 23.3 Å². The molecule has 2 N–H and O–H groups in total. The maximum atomic E-state index is 13.3. The minimum absolute atomic E-state index is 0.0403. The van der Waals surface area contributed by atoms with Crippen LogP contribution in [-0.4, -0.2) is 69.8 Å². The highest BCUT2D eigenvalue weighted by molar-refractivity contribution is 5.94. The van der Waals surface area contributed by atoms with Gasteiger partial charge in [0.05, 0.1) is 22.6 Å². The molecule has 3 unspecified atom stereocenters. The molecule has 0 radical (unpaired) electrons. The Bertz CT molecular complexity index is 1440. The molecule has 5 atom stereocenters. The van der Waals surface area contributed by atoms with Gasteiger partial charge in [0.2, 0.25) is 0 Å². The zero-order chi connectivity index (χ0) is 28.0. The van der Waals surface area contributed by atoms with E-state index in [9.17, 15) is 28.2 Å². The third-order valence-electron chi connectivity index (χ3n) is 10.1. The molecule has 1 amide bonds. The van der Waals surface area contributed by atoms with E-state index >= 15 is 0 Å². The van der Waals surface area contributed by atoms with Crippen LogP contribution in [0.5, 0.6) is 11.5 Å². The second kappa shape index (κ2) is 8.64. The number of likely N-dealkylation sites (N-methyl/N-ethyl adjacent to an activating group) is 1. The summed E-state index contributed by atoms with van der Waals surface area (Å²) in [5.41, 5.74) is -0.291. The summed E-state index contributed by atoms with van der Waals surface area (Å²) in [5, 5.41) is 23.4. The maximum Gasteiger partial charge on any atom is 0.416 e. The number of alkyl halides is 3. The fraction of sp³-hybridized carbons (Fsp3) is 0.516. The van der Waals surface area contributed by atoms with Crippen LogP contribution in [0.1, 0.15) is 54.4 Å².